The molecule has 2 rings (SSSR count). The first kappa shape index (κ1) is 5.85. The fourth-order valence-corrected chi connectivity index (χ4v) is 1.83. The Morgan fingerprint density at radius 1 is 1.80 bits per heavy atom. The average molecular weight is 154 g/mol. The Bertz CT molecular complexity index is 234. The Morgan fingerprint density at radius 3 is 3.40 bits per heavy atom. The first-order chi connectivity index (χ1) is 4.90. The summed E-state index contributed by atoms with van der Waals surface area (Å²) in [6.45, 7) is 0. The van der Waals surface area contributed by atoms with Gasteiger partial charge in [-0.25, -0.2) is 5.01 Å². The summed E-state index contributed by atoms with van der Waals surface area (Å²) in [5.74, 6) is 0.979. The number of allylic oxidation sites excluding steroid dienone is 1. The molecule has 0 spiro atoms. The normalized spacial score (nSPS) is 21.4. The van der Waals surface area contributed by atoms with E-state index in [1.807, 2.05) is 11.6 Å². The highest BCUT2D eigenvalue weighted by atomic mass is 32.2. The Labute approximate surface area is 62.7 Å². The lowest BCUT2D eigenvalue weighted by Gasteiger charge is -2.05. The van der Waals surface area contributed by atoms with Crippen LogP contribution in [0, 0.1) is 0 Å². The number of carbonyl (C=O) groups excluding carboxylic acids is 1. The van der Waals surface area contributed by atoms with E-state index in [4.69, 9.17) is 0 Å². The Balaban J connectivity index is 2.25. The molecule has 0 saturated heterocycles. The molecule has 52 valence electrons. The van der Waals surface area contributed by atoms with Crippen LogP contribution in [-0.2, 0) is 4.79 Å². The minimum atomic E-state index is 0.761. The molecule has 0 aromatic carbocycles. The number of fused-ring (bicyclic) bond motifs is 1. The van der Waals surface area contributed by atoms with E-state index in [9.17, 15) is 4.79 Å². The molecule has 1 amide bonds. The predicted molar refractivity (Wildman–Crippen MR) is 39.7 cm³/mol. The first-order valence-corrected chi connectivity index (χ1v) is 3.98. The van der Waals surface area contributed by atoms with Gasteiger partial charge in [0.05, 0.1) is 5.70 Å². The Hall–Kier alpha value is -0.900. The van der Waals surface area contributed by atoms with E-state index in [2.05, 4.69) is 5.43 Å². The van der Waals surface area contributed by atoms with Gasteiger partial charge in [0.1, 0.15) is 0 Å². The van der Waals surface area contributed by atoms with E-state index in [-0.39, 0.29) is 0 Å². The van der Waals surface area contributed by atoms with E-state index < -0.39 is 0 Å². The van der Waals surface area contributed by atoms with Crippen LogP contribution in [0.5, 0.6) is 0 Å². The maximum Gasteiger partial charge on any atom is 0.232 e. The lowest BCUT2D eigenvalue weighted by Crippen LogP contribution is -2.25. The van der Waals surface area contributed by atoms with Crippen LogP contribution in [0.4, 0.5) is 0 Å². The lowest BCUT2D eigenvalue weighted by atomic mass is 10.3. The number of hydrogen-bond acceptors (Lipinski definition) is 3. The molecule has 0 radical (unpaired) electrons. The van der Waals surface area contributed by atoms with Gasteiger partial charge in [-0.05, 0) is 5.41 Å². The fourth-order valence-electron chi connectivity index (χ4n) is 0.969. The number of carbonyl (C=O) groups is 1. The molecule has 2 heterocycles. The highest BCUT2D eigenvalue weighted by Gasteiger charge is 2.20. The second kappa shape index (κ2) is 2.05. The number of hydrazine groups is 1. The van der Waals surface area contributed by atoms with Crippen LogP contribution in [-0.4, -0.2) is 17.2 Å². The minimum Gasteiger partial charge on any atom is -0.291 e. The molecule has 0 bridgehead atoms. The molecule has 0 saturated carbocycles. The van der Waals surface area contributed by atoms with Crippen LogP contribution >= 0.6 is 11.8 Å². The van der Waals surface area contributed by atoms with Crippen molar-refractivity contribution in [3.8, 4) is 0 Å². The van der Waals surface area contributed by atoms with Gasteiger partial charge in [0.15, 0.2) is 0 Å². The molecule has 4 heteroatoms. The molecule has 0 unspecified atom stereocenters. The van der Waals surface area contributed by atoms with Gasteiger partial charge in [0, 0.05) is 17.5 Å². The molecule has 2 aliphatic heterocycles. The molecule has 0 fully saturated rings. The number of hydrogen-bond donors (Lipinski definition) is 1. The van der Waals surface area contributed by atoms with E-state index >= 15 is 0 Å². The quantitative estimate of drug-likeness (QED) is 0.556. The SMILES string of the molecule is O=CN1C=C2CSC=C2N1. The summed E-state index contributed by atoms with van der Waals surface area (Å²) in [4.78, 5) is 10.2. The summed E-state index contributed by atoms with van der Waals surface area (Å²) in [6.07, 6.45) is 2.58. The summed E-state index contributed by atoms with van der Waals surface area (Å²) in [7, 11) is 0. The van der Waals surface area contributed by atoms with Crippen molar-refractivity contribution in [3.05, 3.63) is 22.9 Å². The van der Waals surface area contributed by atoms with E-state index in [1.165, 1.54) is 10.6 Å². The highest BCUT2D eigenvalue weighted by Crippen LogP contribution is 2.28. The third kappa shape index (κ3) is 0.724. The van der Waals surface area contributed by atoms with Crippen molar-refractivity contribution in [1.82, 2.24) is 10.4 Å². The van der Waals surface area contributed by atoms with Gasteiger partial charge >= 0.3 is 0 Å². The van der Waals surface area contributed by atoms with Crippen LogP contribution in [0.25, 0.3) is 0 Å². The summed E-state index contributed by atoms with van der Waals surface area (Å²) in [5.41, 5.74) is 5.19. The highest BCUT2D eigenvalue weighted by molar-refractivity contribution is 8.02. The topological polar surface area (TPSA) is 32.3 Å². The zero-order valence-electron chi connectivity index (χ0n) is 5.20. The molecule has 2 aliphatic rings. The molecule has 3 nitrogen and oxygen atoms in total. The van der Waals surface area contributed by atoms with E-state index in [1.54, 1.807) is 11.8 Å². The van der Waals surface area contributed by atoms with Crippen molar-refractivity contribution in [2.24, 2.45) is 0 Å². The monoisotopic (exact) mass is 154 g/mol. The smallest absolute Gasteiger partial charge is 0.232 e. The van der Waals surface area contributed by atoms with Gasteiger partial charge in [0.2, 0.25) is 6.41 Å². The second-order valence-corrected chi connectivity index (χ2v) is 2.98. The number of rotatable bonds is 1. The van der Waals surface area contributed by atoms with Crippen molar-refractivity contribution in [2.75, 3.05) is 5.75 Å². The first-order valence-electron chi connectivity index (χ1n) is 2.93. The average Bonchev–Trinajstić information content (AvgIpc) is 2.42. The molecule has 0 aromatic heterocycles. The Morgan fingerprint density at radius 2 is 2.70 bits per heavy atom. The molecule has 0 aliphatic carbocycles. The summed E-state index contributed by atoms with van der Waals surface area (Å²) < 4.78 is 0. The zero-order valence-corrected chi connectivity index (χ0v) is 6.02. The standard InChI is InChI=1S/C6H6N2OS/c9-4-8-1-5-2-10-3-6(5)7-8/h1,3-4,7H,2H2. The molecule has 1 N–H and O–H groups in total. The second-order valence-electron chi connectivity index (χ2n) is 2.12. The van der Waals surface area contributed by atoms with Crippen molar-refractivity contribution < 1.29 is 4.79 Å². The summed E-state index contributed by atoms with van der Waals surface area (Å²) >= 11 is 1.74. The number of thioether (sulfide) groups is 1. The van der Waals surface area contributed by atoms with Crippen LogP contribution in [0.3, 0.4) is 0 Å². The largest absolute Gasteiger partial charge is 0.291 e. The summed E-state index contributed by atoms with van der Waals surface area (Å²) in [6, 6.07) is 0. The molecule has 0 aromatic rings. The molecule has 10 heavy (non-hydrogen) atoms. The zero-order chi connectivity index (χ0) is 6.97. The van der Waals surface area contributed by atoms with Crippen LogP contribution in [0.1, 0.15) is 0 Å². The third-order valence-corrected chi connectivity index (χ3v) is 2.32. The van der Waals surface area contributed by atoms with Gasteiger partial charge in [-0.3, -0.25) is 10.2 Å². The van der Waals surface area contributed by atoms with Crippen molar-refractivity contribution in [1.29, 1.82) is 0 Å². The van der Waals surface area contributed by atoms with Crippen LogP contribution in [0.15, 0.2) is 22.9 Å². The van der Waals surface area contributed by atoms with Gasteiger partial charge in [-0.1, -0.05) is 0 Å². The third-order valence-electron chi connectivity index (χ3n) is 1.44. The maximum atomic E-state index is 10.2. The van der Waals surface area contributed by atoms with Gasteiger partial charge in [-0.15, -0.1) is 11.8 Å². The molecule has 0 atom stereocenters. The van der Waals surface area contributed by atoms with Crippen LogP contribution < -0.4 is 5.43 Å². The lowest BCUT2D eigenvalue weighted by molar-refractivity contribution is -0.117. The molecular formula is C6H6N2OS. The van der Waals surface area contributed by atoms with Crippen molar-refractivity contribution in [3.63, 3.8) is 0 Å². The number of nitrogens with one attached hydrogen (secondary N) is 1. The van der Waals surface area contributed by atoms with Gasteiger partial charge in [-0.2, -0.15) is 0 Å². The fraction of sp³-hybridized carbons (Fsp3) is 0.167. The van der Waals surface area contributed by atoms with E-state index in [0.29, 0.717) is 0 Å². The maximum absolute atomic E-state index is 10.2. The van der Waals surface area contributed by atoms with Crippen molar-refractivity contribution in [2.45, 2.75) is 0 Å². The number of amides is 1. The van der Waals surface area contributed by atoms with Crippen molar-refractivity contribution >= 4 is 18.2 Å². The minimum absolute atomic E-state index is 0.761. The van der Waals surface area contributed by atoms with Gasteiger partial charge < -0.3 is 0 Å². The van der Waals surface area contributed by atoms with Crippen LogP contribution in [0.2, 0.25) is 0 Å². The Kier molecular flexibility index (Phi) is 1.20. The summed E-state index contributed by atoms with van der Waals surface area (Å²) in [5, 5.41) is 3.45. The van der Waals surface area contributed by atoms with Gasteiger partial charge in [0.25, 0.3) is 0 Å². The molecular weight excluding hydrogens is 148 g/mol. The van der Waals surface area contributed by atoms with E-state index in [0.717, 1.165) is 17.9 Å². The predicted octanol–water partition coefficient (Wildman–Crippen LogP) is 0.435. The number of nitrogens with zero attached hydrogens (tertiary/aromatic N) is 1.